The van der Waals surface area contributed by atoms with Gasteiger partial charge in [0.25, 0.3) is 5.91 Å². The number of aromatic nitrogens is 4. The largest absolute Gasteiger partial charge is 0.352 e. The van der Waals surface area contributed by atoms with Crippen LogP contribution in [0.15, 0.2) is 78.2 Å². The summed E-state index contributed by atoms with van der Waals surface area (Å²) < 4.78 is 2.08. The number of nitrogens with zero attached hydrogens (tertiary/aromatic N) is 4. The van der Waals surface area contributed by atoms with Crippen LogP contribution in [0.1, 0.15) is 35.3 Å². The molecule has 1 amide bonds. The number of para-hydroxylation sites is 1. The van der Waals surface area contributed by atoms with Gasteiger partial charge in [0.2, 0.25) is 0 Å². The van der Waals surface area contributed by atoms with E-state index in [9.17, 15) is 4.79 Å². The first kappa shape index (κ1) is 22.7. The number of hydrogen-bond acceptors (Lipinski definition) is 5. The Bertz CT molecular complexity index is 1240. The normalized spacial score (nSPS) is 11.0. The summed E-state index contributed by atoms with van der Waals surface area (Å²) in [6.07, 6.45) is 3.51. The van der Waals surface area contributed by atoms with Gasteiger partial charge in [-0.05, 0) is 48.2 Å². The van der Waals surface area contributed by atoms with Crippen LogP contribution in [-0.4, -0.2) is 32.2 Å². The molecule has 0 aliphatic rings. The number of nitrogens with one attached hydrogen (secondary N) is 1. The van der Waals surface area contributed by atoms with Gasteiger partial charge in [-0.15, -0.1) is 10.2 Å². The molecule has 33 heavy (non-hydrogen) atoms. The highest BCUT2D eigenvalue weighted by atomic mass is 32.2. The Labute approximate surface area is 198 Å². The third-order valence-electron chi connectivity index (χ3n) is 5.22. The van der Waals surface area contributed by atoms with Gasteiger partial charge in [-0.2, -0.15) is 0 Å². The van der Waals surface area contributed by atoms with Gasteiger partial charge >= 0.3 is 0 Å². The van der Waals surface area contributed by atoms with E-state index in [2.05, 4.69) is 58.0 Å². The maximum absolute atomic E-state index is 12.7. The van der Waals surface area contributed by atoms with Crippen molar-refractivity contribution in [1.82, 2.24) is 25.1 Å². The van der Waals surface area contributed by atoms with Crippen molar-refractivity contribution in [3.05, 3.63) is 89.7 Å². The molecule has 4 aromatic rings. The van der Waals surface area contributed by atoms with Crippen LogP contribution in [-0.2, 0) is 5.75 Å². The van der Waals surface area contributed by atoms with E-state index in [-0.39, 0.29) is 5.91 Å². The van der Waals surface area contributed by atoms with Crippen molar-refractivity contribution >= 4 is 17.7 Å². The van der Waals surface area contributed by atoms with Crippen LogP contribution in [0.25, 0.3) is 17.1 Å². The van der Waals surface area contributed by atoms with Gasteiger partial charge < -0.3 is 5.32 Å². The van der Waals surface area contributed by atoms with Crippen molar-refractivity contribution in [2.45, 2.75) is 31.7 Å². The van der Waals surface area contributed by atoms with Crippen LogP contribution in [0.2, 0.25) is 0 Å². The summed E-state index contributed by atoms with van der Waals surface area (Å²) in [5.74, 6) is 1.72. The minimum atomic E-state index is -0.0438. The maximum Gasteiger partial charge on any atom is 0.251 e. The molecule has 0 atom stereocenters. The zero-order chi connectivity index (χ0) is 23.2. The molecule has 2 aromatic heterocycles. The van der Waals surface area contributed by atoms with Gasteiger partial charge in [-0.25, -0.2) is 0 Å². The van der Waals surface area contributed by atoms with Gasteiger partial charge in [-0.3, -0.25) is 14.3 Å². The number of carbonyl (C=O) groups excluding carboxylic acids is 1. The maximum atomic E-state index is 12.7. The Morgan fingerprint density at radius 2 is 1.73 bits per heavy atom. The van der Waals surface area contributed by atoms with E-state index in [4.69, 9.17) is 0 Å². The predicted octanol–water partition coefficient (Wildman–Crippen LogP) is 5.32. The molecule has 0 radical (unpaired) electrons. The highest BCUT2D eigenvalue weighted by Crippen LogP contribution is 2.31. The molecule has 0 saturated carbocycles. The molecule has 6 nitrogen and oxygen atoms in total. The van der Waals surface area contributed by atoms with Gasteiger partial charge in [0, 0.05) is 35.8 Å². The van der Waals surface area contributed by atoms with Crippen LogP contribution >= 0.6 is 11.8 Å². The SMILES string of the molecule is Cc1ccccc1-n1c(SCc2ccccc2C(=O)NCC(C)C)nnc1-c1ccncc1. The molecule has 1 N–H and O–H groups in total. The zero-order valence-corrected chi connectivity index (χ0v) is 19.8. The van der Waals surface area contributed by atoms with Gasteiger partial charge in [-0.1, -0.05) is 62.0 Å². The first-order valence-corrected chi connectivity index (χ1v) is 11.9. The molecule has 0 aliphatic heterocycles. The molecule has 2 aromatic carbocycles. The van der Waals surface area contributed by atoms with Crippen LogP contribution < -0.4 is 5.32 Å². The van der Waals surface area contributed by atoms with Gasteiger partial charge in [0.1, 0.15) is 0 Å². The molecule has 4 rings (SSSR count). The fourth-order valence-corrected chi connectivity index (χ4v) is 4.43. The summed E-state index contributed by atoms with van der Waals surface area (Å²) >= 11 is 1.57. The van der Waals surface area contributed by atoms with E-state index in [1.54, 1.807) is 24.2 Å². The number of thioether (sulfide) groups is 1. The summed E-state index contributed by atoms with van der Waals surface area (Å²) in [5, 5.41) is 12.8. The van der Waals surface area contributed by atoms with Crippen molar-refractivity contribution in [2.24, 2.45) is 5.92 Å². The lowest BCUT2D eigenvalue weighted by molar-refractivity contribution is 0.0948. The lowest BCUT2D eigenvalue weighted by atomic mass is 10.1. The molecule has 0 unspecified atom stereocenters. The lowest BCUT2D eigenvalue weighted by Gasteiger charge is -2.14. The highest BCUT2D eigenvalue weighted by Gasteiger charge is 2.19. The van der Waals surface area contributed by atoms with Crippen molar-refractivity contribution < 1.29 is 4.79 Å². The zero-order valence-electron chi connectivity index (χ0n) is 19.0. The average Bonchev–Trinajstić information content (AvgIpc) is 3.26. The van der Waals surface area contributed by atoms with E-state index < -0.39 is 0 Å². The van der Waals surface area contributed by atoms with Crippen LogP contribution in [0.5, 0.6) is 0 Å². The minimum Gasteiger partial charge on any atom is -0.352 e. The molecule has 0 saturated heterocycles. The molecule has 2 heterocycles. The van der Waals surface area contributed by atoms with E-state index in [1.807, 2.05) is 48.5 Å². The number of rotatable bonds is 8. The summed E-state index contributed by atoms with van der Waals surface area (Å²) in [6, 6.07) is 19.8. The van der Waals surface area contributed by atoms with Crippen LogP contribution in [0.3, 0.4) is 0 Å². The van der Waals surface area contributed by atoms with Crippen molar-refractivity contribution in [3.8, 4) is 17.1 Å². The third-order valence-corrected chi connectivity index (χ3v) is 6.20. The van der Waals surface area contributed by atoms with Crippen LogP contribution in [0, 0.1) is 12.8 Å². The fourth-order valence-electron chi connectivity index (χ4n) is 3.48. The smallest absolute Gasteiger partial charge is 0.251 e. The summed E-state index contributed by atoms with van der Waals surface area (Å²) in [5.41, 5.74) is 4.76. The van der Waals surface area contributed by atoms with Crippen molar-refractivity contribution in [2.75, 3.05) is 6.54 Å². The van der Waals surface area contributed by atoms with E-state index in [0.29, 0.717) is 23.8 Å². The number of amides is 1. The molecule has 7 heteroatoms. The second-order valence-corrected chi connectivity index (χ2v) is 9.16. The van der Waals surface area contributed by atoms with E-state index >= 15 is 0 Å². The number of benzene rings is 2. The molecular formula is C26H27N5OS. The van der Waals surface area contributed by atoms with E-state index in [0.717, 1.165) is 33.4 Å². The molecular weight excluding hydrogens is 430 g/mol. The number of hydrogen-bond donors (Lipinski definition) is 1. The molecule has 0 spiro atoms. The topological polar surface area (TPSA) is 72.7 Å². The Kier molecular flexibility index (Phi) is 7.19. The monoisotopic (exact) mass is 457 g/mol. The first-order valence-electron chi connectivity index (χ1n) is 11.0. The lowest BCUT2D eigenvalue weighted by Crippen LogP contribution is -2.28. The summed E-state index contributed by atoms with van der Waals surface area (Å²) in [6.45, 7) is 6.90. The highest BCUT2D eigenvalue weighted by molar-refractivity contribution is 7.98. The summed E-state index contributed by atoms with van der Waals surface area (Å²) in [7, 11) is 0. The number of aryl methyl sites for hydroxylation is 1. The molecule has 0 fully saturated rings. The van der Waals surface area contributed by atoms with Crippen molar-refractivity contribution in [3.63, 3.8) is 0 Å². The Morgan fingerprint density at radius 1 is 1.00 bits per heavy atom. The number of carbonyl (C=O) groups is 1. The summed E-state index contributed by atoms with van der Waals surface area (Å²) in [4.78, 5) is 16.9. The molecule has 0 bridgehead atoms. The quantitative estimate of drug-likeness (QED) is 0.363. The minimum absolute atomic E-state index is 0.0438. The average molecular weight is 458 g/mol. The van der Waals surface area contributed by atoms with Gasteiger partial charge in [0.15, 0.2) is 11.0 Å². The number of pyridine rings is 1. The van der Waals surface area contributed by atoms with Crippen LogP contribution in [0.4, 0.5) is 0 Å². The Balaban J connectivity index is 1.66. The second-order valence-electron chi connectivity index (χ2n) is 8.21. The van der Waals surface area contributed by atoms with E-state index in [1.165, 1.54) is 0 Å². The van der Waals surface area contributed by atoms with Crippen molar-refractivity contribution in [1.29, 1.82) is 0 Å². The third kappa shape index (κ3) is 5.31. The first-order chi connectivity index (χ1) is 16.0. The Hall–Kier alpha value is -3.45. The fraction of sp³-hybridized carbons (Fsp3) is 0.231. The predicted molar refractivity (Wildman–Crippen MR) is 133 cm³/mol. The molecule has 168 valence electrons. The Morgan fingerprint density at radius 3 is 2.48 bits per heavy atom. The standard InChI is InChI=1S/C26H27N5OS/c1-18(2)16-28-25(32)22-10-6-5-9-21(22)17-33-26-30-29-24(20-12-14-27-15-13-20)31(26)23-11-7-4-8-19(23)3/h4-15,18H,16-17H2,1-3H3,(H,28,32). The molecule has 0 aliphatic carbocycles. The second kappa shape index (κ2) is 10.4. The van der Waals surface area contributed by atoms with Gasteiger partial charge in [0.05, 0.1) is 5.69 Å².